The molecule has 0 unspecified atom stereocenters. The summed E-state index contributed by atoms with van der Waals surface area (Å²) in [5, 5.41) is 10.4. The number of pyridine rings is 1. The van der Waals surface area contributed by atoms with Crippen molar-refractivity contribution >= 4 is 29.2 Å². The highest BCUT2D eigenvalue weighted by molar-refractivity contribution is 6.09. The van der Waals surface area contributed by atoms with E-state index >= 15 is 8.78 Å². The van der Waals surface area contributed by atoms with Crippen molar-refractivity contribution in [2.75, 3.05) is 37.6 Å². The maximum absolute atomic E-state index is 15.0. The minimum absolute atomic E-state index is 0.0994. The molecule has 3 rings (SSSR count). The van der Waals surface area contributed by atoms with E-state index in [1.165, 1.54) is 25.3 Å². The molecule has 2 heterocycles. The van der Waals surface area contributed by atoms with Crippen molar-refractivity contribution in [3.63, 3.8) is 0 Å². The number of amides is 2. The monoisotopic (exact) mass is 431 g/mol. The van der Waals surface area contributed by atoms with Crippen molar-refractivity contribution in [1.82, 2.24) is 10.3 Å². The molecule has 31 heavy (non-hydrogen) atoms. The van der Waals surface area contributed by atoms with Crippen LogP contribution in [0, 0.1) is 17.0 Å². The number of halogens is 2. The van der Waals surface area contributed by atoms with Crippen LogP contribution in [0.15, 0.2) is 24.5 Å². The Morgan fingerprint density at radius 2 is 1.90 bits per heavy atom. The van der Waals surface area contributed by atoms with Gasteiger partial charge in [0.05, 0.1) is 32.1 Å². The smallest absolute Gasteiger partial charge is 0.329 e. The fourth-order valence-electron chi connectivity index (χ4n) is 3.43. The zero-order chi connectivity index (χ0) is 22.7. The number of nitrogens with zero attached hydrogens (tertiary/aromatic N) is 3. The second kappa shape index (κ2) is 8.99. The van der Waals surface area contributed by atoms with Gasteiger partial charge in [0, 0.05) is 49.4 Å². The van der Waals surface area contributed by atoms with E-state index in [-0.39, 0.29) is 24.6 Å². The number of ether oxygens (including phenoxy) is 2. The normalized spacial score (nSPS) is 13.7. The lowest BCUT2D eigenvalue weighted by Gasteiger charge is -2.37. The maximum atomic E-state index is 15.0. The van der Waals surface area contributed by atoms with Gasteiger partial charge in [0.25, 0.3) is 0 Å². The molecule has 0 radical (unpaired) electrons. The molecule has 10 heteroatoms. The van der Waals surface area contributed by atoms with Crippen molar-refractivity contribution in [2.24, 2.45) is 0 Å². The van der Waals surface area contributed by atoms with Gasteiger partial charge in [-0.25, -0.2) is 13.6 Å². The van der Waals surface area contributed by atoms with Crippen molar-refractivity contribution in [1.29, 1.82) is 5.41 Å². The average Bonchev–Trinajstić information content (AvgIpc) is 2.78. The summed E-state index contributed by atoms with van der Waals surface area (Å²) in [7, 11) is 4.19. The van der Waals surface area contributed by atoms with E-state index in [0.29, 0.717) is 22.5 Å². The topological polar surface area (TPSA) is 90.8 Å². The second-order valence-electron chi connectivity index (χ2n) is 6.60. The third-order valence-electron chi connectivity index (χ3n) is 4.93. The maximum Gasteiger partial charge on any atom is 0.329 e. The van der Waals surface area contributed by atoms with Crippen LogP contribution in [0.3, 0.4) is 0 Å². The Kier molecular flexibility index (Phi) is 6.38. The van der Waals surface area contributed by atoms with Gasteiger partial charge in [-0.1, -0.05) is 0 Å². The Labute approximate surface area is 178 Å². The summed E-state index contributed by atoms with van der Waals surface area (Å²) in [4.78, 5) is 20.0. The van der Waals surface area contributed by atoms with Gasteiger partial charge >= 0.3 is 6.03 Å². The van der Waals surface area contributed by atoms with Crippen LogP contribution in [0.2, 0.25) is 0 Å². The number of methoxy groups -OCH3 is 2. The molecule has 0 saturated carbocycles. The molecule has 8 nitrogen and oxygen atoms in total. The number of hydrogen-bond acceptors (Lipinski definition) is 6. The van der Waals surface area contributed by atoms with Gasteiger partial charge in [-0.3, -0.25) is 14.8 Å². The van der Waals surface area contributed by atoms with Crippen LogP contribution in [0.1, 0.15) is 18.2 Å². The van der Waals surface area contributed by atoms with Crippen molar-refractivity contribution < 1.29 is 23.0 Å². The van der Waals surface area contributed by atoms with Crippen molar-refractivity contribution in [3.8, 4) is 11.5 Å². The largest absolute Gasteiger partial charge is 0.493 e. The third kappa shape index (κ3) is 3.76. The summed E-state index contributed by atoms with van der Waals surface area (Å²) >= 11 is 0. The van der Waals surface area contributed by atoms with Crippen LogP contribution >= 0.6 is 0 Å². The number of urea groups is 1. The van der Waals surface area contributed by atoms with E-state index in [0.717, 1.165) is 17.2 Å². The first-order chi connectivity index (χ1) is 14.9. The molecule has 2 amide bonds. The summed E-state index contributed by atoms with van der Waals surface area (Å²) in [5.41, 5.74) is 1.62. The molecule has 164 valence electrons. The minimum Gasteiger partial charge on any atom is -0.493 e. The minimum atomic E-state index is -0.999. The SMILES string of the molecule is CCN1C(=O)N(c2c(F)c(OC)cc(OC)c2F)Cc2cnc(/C(C=N)=C/NC)cc21. The number of carbonyl (C=O) groups excluding carboxylic acids is 1. The highest BCUT2D eigenvalue weighted by Crippen LogP contribution is 2.41. The first-order valence-corrected chi connectivity index (χ1v) is 9.47. The Balaban J connectivity index is 2.15. The lowest BCUT2D eigenvalue weighted by atomic mass is 10.1. The van der Waals surface area contributed by atoms with Gasteiger partial charge < -0.3 is 20.2 Å². The van der Waals surface area contributed by atoms with Gasteiger partial charge in [-0.05, 0) is 13.0 Å². The lowest BCUT2D eigenvalue weighted by molar-refractivity contribution is 0.249. The molecule has 1 aromatic heterocycles. The van der Waals surface area contributed by atoms with Crippen LogP contribution in [0.25, 0.3) is 5.57 Å². The molecule has 0 aliphatic carbocycles. The number of rotatable bonds is 7. The zero-order valence-corrected chi connectivity index (χ0v) is 17.6. The standard InChI is InChI=1S/C21H23F2N5O3/c1-5-27-15-6-14(12(8-24)9-25-2)26-10-13(15)11-28(21(27)29)20-18(22)16(30-3)7-17(31-4)19(20)23/h6-10,24-25H,5,11H2,1-4H3/b12-9+,24-8?. The summed E-state index contributed by atoms with van der Waals surface area (Å²) in [6.07, 6.45) is 4.29. The highest BCUT2D eigenvalue weighted by Gasteiger charge is 2.36. The van der Waals surface area contributed by atoms with E-state index < -0.39 is 23.4 Å². The molecule has 0 spiro atoms. The zero-order valence-electron chi connectivity index (χ0n) is 17.6. The molecule has 0 fully saturated rings. The fraction of sp³-hybridized carbons (Fsp3) is 0.286. The second-order valence-corrected chi connectivity index (χ2v) is 6.60. The molecule has 1 aliphatic rings. The van der Waals surface area contributed by atoms with E-state index in [2.05, 4.69) is 10.3 Å². The predicted octanol–water partition coefficient (Wildman–Crippen LogP) is 3.55. The average molecular weight is 431 g/mol. The predicted molar refractivity (Wildman–Crippen MR) is 114 cm³/mol. The molecule has 0 saturated heterocycles. The van der Waals surface area contributed by atoms with Crippen LogP contribution in [0.4, 0.5) is 25.0 Å². The number of fused-ring (bicyclic) bond motifs is 1. The van der Waals surface area contributed by atoms with Crippen molar-refractivity contribution in [2.45, 2.75) is 13.5 Å². The first-order valence-electron chi connectivity index (χ1n) is 9.47. The van der Waals surface area contributed by atoms with Crippen molar-refractivity contribution in [3.05, 3.63) is 47.4 Å². The summed E-state index contributed by atoms with van der Waals surface area (Å²) in [5.74, 6) is -2.48. The van der Waals surface area contributed by atoms with Gasteiger partial charge in [0.1, 0.15) is 5.69 Å². The lowest BCUT2D eigenvalue weighted by Crippen LogP contribution is -2.48. The molecule has 1 aromatic carbocycles. The summed E-state index contributed by atoms with van der Waals surface area (Å²) in [6, 6.07) is 2.17. The number of benzene rings is 1. The number of carbonyl (C=O) groups is 1. The van der Waals surface area contributed by atoms with Gasteiger partial charge in [-0.15, -0.1) is 0 Å². The molecular formula is C21H23F2N5O3. The number of anilines is 2. The first kappa shape index (κ1) is 22.0. The van der Waals surface area contributed by atoms with Gasteiger partial charge in [0.2, 0.25) is 0 Å². The number of nitrogens with one attached hydrogen (secondary N) is 2. The third-order valence-corrected chi connectivity index (χ3v) is 4.93. The van der Waals surface area contributed by atoms with Crippen LogP contribution in [-0.2, 0) is 6.54 Å². The Morgan fingerprint density at radius 1 is 1.26 bits per heavy atom. The molecular weight excluding hydrogens is 408 g/mol. The Bertz CT molecular complexity index is 1030. The Hall–Kier alpha value is -3.69. The number of hydrogen-bond donors (Lipinski definition) is 2. The quantitative estimate of drug-likeness (QED) is 0.655. The van der Waals surface area contributed by atoms with Gasteiger partial charge in [0.15, 0.2) is 23.1 Å². The number of aromatic nitrogens is 1. The van der Waals surface area contributed by atoms with E-state index in [9.17, 15) is 4.79 Å². The van der Waals surface area contributed by atoms with Crippen LogP contribution in [-0.4, -0.2) is 45.0 Å². The van der Waals surface area contributed by atoms with E-state index in [4.69, 9.17) is 14.9 Å². The molecule has 2 N–H and O–H groups in total. The van der Waals surface area contributed by atoms with Crippen LogP contribution in [0.5, 0.6) is 11.5 Å². The molecule has 1 aliphatic heterocycles. The van der Waals surface area contributed by atoms with E-state index in [1.54, 1.807) is 26.2 Å². The highest BCUT2D eigenvalue weighted by atomic mass is 19.1. The van der Waals surface area contributed by atoms with E-state index in [1.807, 2.05) is 0 Å². The summed E-state index contributed by atoms with van der Waals surface area (Å²) < 4.78 is 40.0. The molecule has 0 bridgehead atoms. The summed E-state index contributed by atoms with van der Waals surface area (Å²) in [6.45, 7) is 1.91. The molecule has 0 atom stereocenters. The fourth-order valence-corrected chi connectivity index (χ4v) is 3.43. The molecule has 2 aromatic rings. The Morgan fingerprint density at radius 3 is 2.42 bits per heavy atom. The number of allylic oxidation sites excluding steroid dienone is 1. The van der Waals surface area contributed by atoms with Gasteiger partial charge in [-0.2, -0.15) is 0 Å². The van der Waals surface area contributed by atoms with Crippen LogP contribution < -0.4 is 24.6 Å².